The maximum absolute atomic E-state index is 14.6. The number of benzene rings is 1. The molecule has 1 aromatic carbocycles. The van der Waals surface area contributed by atoms with Gasteiger partial charge in [-0.15, -0.1) is 5.10 Å². The van der Waals surface area contributed by atoms with Crippen LogP contribution in [0.3, 0.4) is 0 Å². The second-order valence-electron chi connectivity index (χ2n) is 9.68. The zero-order valence-electron chi connectivity index (χ0n) is 21.1. The third-order valence-electron chi connectivity index (χ3n) is 6.34. The summed E-state index contributed by atoms with van der Waals surface area (Å²) in [6.07, 6.45) is -8.96. The zero-order valence-corrected chi connectivity index (χ0v) is 21.1. The van der Waals surface area contributed by atoms with Gasteiger partial charge in [-0.05, 0) is 26.0 Å². The predicted molar refractivity (Wildman–Crippen MR) is 126 cm³/mol. The van der Waals surface area contributed by atoms with Crippen molar-refractivity contribution in [3.8, 4) is 22.7 Å². The first-order valence-electron chi connectivity index (χ1n) is 11.7. The lowest BCUT2D eigenvalue weighted by Crippen LogP contribution is -2.44. The van der Waals surface area contributed by atoms with E-state index >= 15 is 0 Å². The second-order valence-corrected chi connectivity index (χ2v) is 9.68. The molecule has 1 saturated heterocycles. The molecule has 3 atom stereocenters. The van der Waals surface area contributed by atoms with Crippen molar-refractivity contribution in [2.75, 3.05) is 11.9 Å². The topological polar surface area (TPSA) is 114 Å². The van der Waals surface area contributed by atoms with Gasteiger partial charge in [0.2, 0.25) is 11.7 Å². The number of hydrogen-bond donors (Lipinski definition) is 3. The molecule has 0 bridgehead atoms. The normalized spacial score (nSPS) is 20.0. The van der Waals surface area contributed by atoms with Crippen molar-refractivity contribution in [1.29, 1.82) is 0 Å². The Morgan fingerprint density at radius 1 is 1.10 bits per heavy atom. The highest BCUT2D eigenvalue weighted by molar-refractivity contribution is 5.93. The first kappa shape index (κ1) is 29.2. The Balaban J connectivity index is 1.76. The molecule has 216 valence electrons. The van der Waals surface area contributed by atoms with Gasteiger partial charge < -0.3 is 15.2 Å². The fraction of sp³-hybridized carbons (Fsp3) is 0.417. The van der Waals surface area contributed by atoms with Crippen molar-refractivity contribution >= 4 is 11.7 Å². The fourth-order valence-corrected chi connectivity index (χ4v) is 3.93. The summed E-state index contributed by atoms with van der Waals surface area (Å²) < 4.78 is 99.6. The number of aromatic nitrogens is 4. The van der Waals surface area contributed by atoms with Crippen molar-refractivity contribution in [3.05, 3.63) is 48.3 Å². The molecule has 1 fully saturated rings. The number of ether oxygens (including phenoxy) is 1. The van der Waals surface area contributed by atoms with Crippen molar-refractivity contribution in [3.63, 3.8) is 0 Å². The smallest absolute Gasteiger partial charge is 0.451 e. The summed E-state index contributed by atoms with van der Waals surface area (Å²) in [5.41, 5.74) is -2.93. The first-order valence-corrected chi connectivity index (χ1v) is 11.7. The van der Waals surface area contributed by atoms with E-state index in [0.717, 1.165) is 49.1 Å². The molecular weight excluding hydrogens is 553 g/mol. The molecule has 1 amide bonds. The number of halogens is 7. The van der Waals surface area contributed by atoms with Gasteiger partial charge in [0.25, 0.3) is 0 Å². The number of alkyl halides is 6. The molecule has 0 aliphatic carbocycles. The molecule has 3 heterocycles. The van der Waals surface area contributed by atoms with E-state index in [4.69, 9.17) is 4.74 Å². The number of anilines is 1. The summed E-state index contributed by atoms with van der Waals surface area (Å²) in [4.78, 5) is 19.4. The van der Waals surface area contributed by atoms with Crippen LogP contribution in [0.2, 0.25) is 0 Å². The Bertz CT molecular complexity index is 1390. The van der Waals surface area contributed by atoms with Gasteiger partial charge in [0, 0.05) is 30.2 Å². The van der Waals surface area contributed by atoms with Crippen molar-refractivity contribution < 1.29 is 45.4 Å². The number of aliphatic hydroxyl groups excluding tert-OH is 1. The molecule has 9 nitrogen and oxygen atoms in total. The lowest BCUT2D eigenvalue weighted by Gasteiger charge is -2.29. The van der Waals surface area contributed by atoms with E-state index in [1.54, 1.807) is 6.92 Å². The highest BCUT2D eigenvalue weighted by Gasteiger charge is 2.50. The number of nitrogens with one attached hydrogen (secondary N) is 2. The Morgan fingerprint density at radius 2 is 1.75 bits per heavy atom. The predicted octanol–water partition coefficient (Wildman–Crippen LogP) is 4.32. The third-order valence-corrected chi connectivity index (χ3v) is 6.34. The summed E-state index contributed by atoms with van der Waals surface area (Å²) in [6, 6.07) is 4.00. The van der Waals surface area contributed by atoms with Crippen molar-refractivity contribution in [2.45, 2.75) is 45.0 Å². The molecule has 0 radical (unpaired) electrons. The van der Waals surface area contributed by atoms with E-state index in [-0.39, 0.29) is 29.3 Å². The van der Waals surface area contributed by atoms with Gasteiger partial charge in [0.1, 0.15) is 23.5 Å². The number of aliphatic hydroxyl groups is 1. The minimum Gasteiger partial charge on any atom is -0.478 e. The molecular formula is C24H23F7N6O3. The summed E-state index contributed by atoms with van der Waals surface area (Å²) >= 11 is 0. The van der Waals surface area contributed by atoms with Crippen LogP contribution in [-0.4, -0.2) is 55.3 Å². The Kier molecular flexibility index (Phi) is 7.53. The molecule has 16 heteroatoms. The fourth-order valence-electron chi connectivity index (χ4n) is 3.93. The van der Waals surface area contributed by atoms with Crippen LogP contribution < -0.4 is 15.4 Å². The Hall–Kier alpha value is -3.79. The lowest BCUT2D eigenvalue weighted by molar-refractivity contribution is -0.234. The van der Waals surface area contributed by atoms with Crippen LogP contribution >= 0.6 is 0 Å². The number of rotatable bonds is 6. The number of carbonyl (C=O) groups is 1. The van der Waals surface area contributed by atoms with Crippen LogP contribution in [0.25, 0.3) is 16.9 Å². The van der Waals surface area contributed by atoms with Gasteiger partial charge in [-0.1, -0.05) is 6.92 Å². The average molecular weight is 576 g/mol. The number of carbonyl (C=O) groups excluding carboxylic acids is 1. The first-order chi connectivity index (χ1) is 18.5. The van der Waals surface area contributed by atoms with E-state index < -0.39 is 59.3 Å². The molecule has 2 aromatic heterocycles. The van der Waals surface area contributed by atoms with Gasteiger partial charge in [0.15, 0.2) is 11.4 Å². The van der Waals surface area contributed by atoms with E-state index in [9.17, 15) is 40.6 Å². The standard InChI is InChI=1S/C24H23F7N6O3/c1-11-16(10-32-19(11)38)20(39)35-18-7-17(37(36-18)14-8-33-21(34-9-14)23(26,27)28)12-4-13(25)6-15(5-12)40-22(2,3)24(29,30)31/h4-9,11,16,19,32,38H,10H2,1-3H3,(H,35,36,39)/t11-,16+,19-/m1/s1. The summed E-state index contributed by atoms with van der Waals surface area (Å²) in [6.45, 7) is 3.32. The summed E-state index contributed by atoms with van der Waals surface area (Å²) in [5, 5.41) is 19.3. The summed E-state index contributed by atoms with van der Waals surface area (Å²) in [5.74, 6) is -4.66. The van der Waals surface area contributed by atoms with E-state index in [1.807, 2.05) is 0 Å². The summed E-state index contributed by atoms with van der Waals surface area (Å²) in [7, 11) is 0. The molecule has 0 spiro atoms. The maximum atomic E-state index is 14.6. The van der Waals surface area contributed by atoms with Gasteiger partial charge in [0.05, 0.1) is 24.0 Å². The largest absolute Gasteiger partial charge is 0.478 e. The quantitative estimate of drug-likeness (QED) is 0.375. The van der Waals surface area contributed by atoms with Crippen LogP contribution in [0, 0.1) is 17.7 Å². The second kappa shape index (κ2) is 10.3. The SMILES string of the molecule is C[C@@H]1[C@@H](C(=O)Nc2cc(-c3cc(F)cc(OC(C)(C)C(F)(F)F)c3)n(-c3cnc(C(F)(F)F)nc3)n2)CN[C@@H]1O. The molecule has 0 saturated carbocycles. The molecule has 3 aromatic rings. The van der Waals surface area contributed by atoms with E-state index in [0.29, 0.717) is 0 Å². The molecule has 1 aliphatic heterocycles. The molecule has 4 rings (SSSR count). The lowest BCUT2D eigenvalue weighted by atomic mass is 9.96. The van der Waals surface area contributed by atoms with Gasteiger partial charge in [-0.25, -0.2) is 19.0 Å². The third kappa shape index (κ3) is 6.01. The monoisotopic (exact) mass is 576 g/mol. The minimum absolute atomic E-state index is 0.0366. The van der Waals surface area contributed by atoms with E-state index in [2.05, 4.69) is 25.7 Å². The molecule has 3 N–H and O–H groups in total. The minimum atomic E-state index is -4.83. The van der Waals surface area contributed by atoms with Gasteiger partial charge >= 0.3 is 12.4 Å². The maximum Gasteiger partial charge on any atom is 0.451 e. The van der Waals surface area contributed by atoms with Crippen LogP contribution in [0.4, 0.5) is 36.6 Å². The van der Waals surface area contributed by atoms with Crippen LogP contribution in [0.15, 0.2) is 36.7 Å². The zero-order chi connectivity index (χ0) is 29.6. The van der Waals surface area contributed by atoms with Crippen molar-refractivity contribution in [1.82, 2.24) is 25.1 Å². The number of amides is 1. The van der Waals surface area contributed by atoms with Crippen LogP contribution in [0.1, 0.15) is 26.6 Å². The van der Waals surface area contributed by atoms with Crippen molar-refractivity contribution in [2.24, 2.45) is 11.8 Å². The Labute approximate surface area is 222 Å². The average Bonchev–Trinajstić information content (AvgIpc) is 3.40. The molecule has 40 heavy (non-hydrogen) atoms. The number of hydrogen-bond acceptors (Lipinski definition) is 7. The molecule has 0 unspecified atom stereocenters. The Morgan fingerprint density at radius 3 is 2.30 bits per heavy atom. The number of nitrogens with zero attached hydrogens (tertiary/aromatic N) is 4. The van der Waals surface area contributed by atoms with Crippen LogP contribution in [0.5, 0.6) is 5.75 Å². The highest BCUT2D eigenvalue weighted by atomic mass is 19.4. The molecule has 1 aliphatic rings. The van der Waals surface area contributed by atoms with Crippen LogP contribution in [-0.2, 0) is 11.0 Å². The van der Waals surface area contributed by atoms with Gasteiger partial charge in [-0.2, -0.15) is 26.3 Å². The van der Waals surface area contributed by atoms with Gasteiger partial charge in [-0.3, -0.25) is 10.1 Å². The highest BCUT2D eigenvalue weighted by Crippen LogP contribution is 2.37. The van der Waals surface area contributed by atoms with E-state index in [1.165, 1.54) is 6.07 Å².